The molecule has 1 fully saturated rings. The minimum Gasteiger partial charge on any atom is -0.478 e. The Hall–Kier alpha value is -1.91. The molecule has 0 heterocycles. The van der Waals surface area contributed by atoms with Crippen molar-refractivity contribution in [3.05, 3.63) is 34.9 Å². The maximum atomic E-state index is 13.2. The zero-order valence-corrected chi connectivity index (χ0v) is 9.60. The predicted octanol–water partition coefficient (Wildman–Crippen LogP) is 2.37. The highest BCUT2D eigenvalue weighted by molar-refractivity contribution is 5.94. The van der Waals surface area contributed by atoms with E-state index in [0.717, 1.165) is 12.5 Å². The van der Waals surface area contributed by atoms with Gasteiger partial charge in [-0.25, -0.2) is 14.0 Å². The van der Waals surface area contributed by atoms with Crippen LogP contribution in [0.15, 0.2) is 18.2 Å². The van der Waals surface area contributed by atoms with Crippen molar-refractivity contribution in [2.24, 2.45) is 5.92 Å². The van der Waals surface area contributed by atoms with E-state index in [0.29, 0.717) is 18.4 Å². The molecule has 0 saturated heterocycles. The fourth-order valence-electron chi connectivity index (χ4n) is 2.13. The molecule has 1 aliphatic rings. The molecule has 2 atom stereocenters. The van der Waals surface area contributed by atoms with Gasteiger partial charge in [0.1, 0.15) is 6.17 Å². The molecule has 2 unspecified atom stereocenters. The molecule has 2 rings (SSSR count). The van der Waals surface area contributed by atoms with Crippen LogP contribution in [0.4, 0.5) is 4.39 Å². The van der Waals surface area contributed by atoms with Gasteiger partial charge in [0, 0.05) is 0 Å². The van der Waals surface area contributed by atoms with Gasteiger partial charge < -0.3 is 10.2 Å². The van der Waals surface area contributed by atoms with Crippen molar-refractivity contribution in [3.8, 4) is 0 Å². The van der Waals surface area contributed by atoms with Crippen LogP contribution in [-0.2, 0) is 6.42 Å². The van der Waals surface area contributed by atoms with E-state index in [4.69, 9.17) is 10.2 Å². The monoisotopic (exact) mass is 252 g/mol. The van der Waals surface area contributed by atoms with Crippen molar-refractivity contribution >= 4 is 11.9 Å². The molecule has 2 N–H and O–H groups in total. The van der Waals surface area contributed by atoms with Crippen LogP contribution in [0.25, 0.3) is 0 Å². The van der Waals surface area contributed by atoms with Gasteiger partial charge in [-0.2, -0.15) is 0 Å². The quantitative estimate of drug-likeness (QED) is 0.862. The first kappa shape index (κ1) is 12.5. The molecule has 1 aromatic carbocycles. The van der Waals surface area contributed by atoms with E-state index in [9.17, 15) is 14.0 Å². The molecular formula is C13H13FO4. The number of benzene rings is 1. The van der Waals surface area contributed by atoms with E-state index in [-0.39, 0.29) is 17.0 Å². The number of carbonyl (C=O) groups is 2. The lowest BCUT2D eigenvalue weighted by Crippen LogP contribution is -2.29. The molecule has 0 spiro atoms. The van der Waals surface area contributed by atoms with Crippen molar-refractivity contribution < 1.29 is 24.2 Å². The number of carboxylic acids is 2. The topological polar surface area (TPSA) is 74.6 Å². The zero-order chi connectivity index (χ0) is 13.3. The first-order valence-corrected chi connectivity index (χ1v) is 5.72. The van der Waals surface area contributed by atoms with Crippen LogP contribution in [-0.4, -0.2) is 28.3 Å². The standard InChI is InChI=1S/C13H13FO4/c14-11-4-3-8(11)5-7-1-2-9(12(15)16)6-10(7)13(17)18/h1-2,6,8,11H,3-5H2,(H,15,16)(H,17,18). The number of hydrogen-bond acceptors (Lipinski definition) is 2. The summed E-state index contributed by atoms with van der Waals surface area (Å²) in [5.74, 6) is -2.49. The lowest BCUT2D eigenvalue weighted by Gasteiger charge is -2.30. The van der Waals surface area contributed by atoms with E-state index in [2.05, 4.69) is 0 Å². The number of alkyl halides is 1. The van der Waals surface area contributed by atoms with Crippen molar-refractivity contribution in [1.29, 1.82) is 0 Å². The fourth-order valence-corrected chi connectivity index (χ4v) is 2.13. The Morgan fingerprint density at radius 3 is 2.39 bits per heavy atom. The summed E-state index contributed by atoms with van der Waals surface area (Å²) in [6.07, 6.45) is 0.759. The lowest BCUT2D eigenvalue weighted by atomic mass is 9.78. The summed E-state index contributed by atoms with van der Waals surface area (Å²) in [4.78, 5) is 21.9. The molecular weight excluding hydrogens is 239 g/mol. The maximum absolute atomic E-state index is 13.2. The highest BCUT2D eigenvalue weighted by Crippen LogP contribution is 2.34. The van der Waals surface area contributed by atoms with Crippen molar-refractivity contribution in [2.75, 3.05) is 0 Å². The van der Waals surface area contributed by atoms with E-state index in [1.165, 1.54) is 12.1 Å². The van der Waals surface area contributed by atoms with Gasteiger partial charge in [-0.15, -0.1) is 0 Å². The Morgan fingerprint density at radius 1 is 1.22 bits per heavy atom. The molecule has 4 nitrogen and oxygen atoms in total. The Labute approximate surface area is 103 Å². The summed E-state index contributed by atoms with van der Waals surface area (Å²) in [7, 11) is 0. The molecule has 1 aromatic rings. The summed E-state index contributed by atoms with van der Waals surface area (Å²) in [6, 6.07) is 3.96. The molecule has 0 bridgehead atoms. The average Bonchev–Trinajstić information content (AvgIpc) is 2.33. The molecule has 18 heavy (non-hydrogen) atoms. The molecule has 0 amide bonds. The highest BCUT2D eigenvalue weighted by atomic mass is 19.1. The minimum absolute atomic E-state index is 0.0472. The molecule has 0 aliphatic heterocycles. The summed E-state index contributed by atoms with van der Waals surface area (Å²) in [5, 5.41) is 17.9. The van der Waals surface area contributed by atoms with Gasteiger partial charge >= 0.3 is 11.9 Å². The smallest absolute Gasteiger partial charge is 0.335 e. The van der Waals surface area contributed by atoms with Crippen LogP contribution >= 0.6 is 0 Å². The van der Waals surface area contributed by atoms with Gasteiger partial charge in [-0.05, 0) is 42.9 Å². The molecule has 96 valence electrons. The van der Waals surface area contributed by atoms with E-state index in [1.54, 1.807) is 0 Å². The Morgan fingerprint density at radius 2 is 1.94 bits per heavy atom. The predicted molar refractivity (Wildman–Crippen MR) is 61.7 cm³/mol. The Balaban J connectivity index is 2.28. The second-order valence-corrected chi connectivity index (χ2v) is 4.54. The van der Waals surface area contributed by atoms with Gasteiger partial charge in [0.15, 0.2) is 0 Å². The second-order valence-electron chi connectivity index (χ2n) is 4.54. The van der Waals surface area contributed by atoms with Crippen LogP contribution in [0.3, 0.4) is 0 Å². The third-order valence-electron chi connectivity index (χ3n) is 3.39. The normalized spacial score (nSPS) is 22.3. The third kappa shape index (κ3) is 2.34. The van der Waals surface area contributed by atoms with E-state index in [1.807, 2.05) is 0 Å². The summed E-state index contributed by atoms with van der Waals surface area (Å²) in [6.45, 7) is 0. The summed E-state index contributed by atoms with van der Waals surface area (Å²) in [5.41, 5.74) is 0.385. The van der Waals surface area contributed by atoms with Gasteiger partial charge in [0.2, 0.25) is 0 Å². The SMILES string of the molecule is O=C(O)c1ccc(CC2CCC2F)c(C(=O)O)c1. The number of hydrogen-bond donors (Lipinski definition) is 2. The molecule has 5 heteroatoms. The van der Waals surface area contributed by atoms with Crippen molar-refractivity contribution in [2.45, 2.75) is 25.4 Å². The third-order valence-corrected chi connectivity index (χ3v) is 3.39. The molecule has 1 aliphatic carbocycles. The molecule has 1 saturated carbocycles. The summed E-state index contributed by atoms with van der Waals surface area (Å²) >= 11 is 0. The number of aromatic carboxylic acids is 2. The fraction of sp³-hybridized carbons (Fsp3) is 0.385. The van der Waals surface area contributed by atoms with E-state index < -0.39 is 18.1 Å². The first-order valence-electron chi connectivity index (χ1n) is 5.72. The van der Waals surface area contributed by atoms with Crippen molar-refractivity contribution in [3.63, 3.8) is 0 Å². The van der Waals surface area contributed by atoms with E-state index >= 15 is 0 Å². The maximum Gasteiger partial charge on any atom is 0.335 e. The van der Waals surface area contributed by atoms with Crippen LogP contribution in [0.1, 0.15) is 39.1 Å². The number of rotatable bonds is 4. The number of halogens is 1. The lowest BCUT2D eigenvalue weighted by molar-refractivity contribution is 0.0692. The van der Waals surface area contributed by atoms with Gasteiger partial charge in [-0.1, -0.05) is 6.07 Å². The Bertz CT molecular complexity index is 498. The number of carboxylic acid groups (broad SMARTS) is 2. The largest absolute Gasteiger partial charge is 0.478 e. The minimum atomic E-state index is -1.18. The van der Waals surface area contributed by atoms with Crippen LogP contribution in [0.5, 0.6) is 0 Å². The summed E-state index contributed by atoms with van der Waals surface area (Å²) < 4.78 is 13.2. The first-order chi connectivity index (χ1) is 8.49. The average molecular weight is 252 g/mol. The van der Waals surface area contributed by atoms with Gasteiger partial charge in [0.05, 0.1) is 11.1 Å². The molecule has 0 radical (unpaired) electrons. The van der Waals surface area contributed by atoms with Crippen LogP contribution in [0, 0.1) is 5.92 Å². The van der Waals surface area contributed by atoms with Crippen LogP contribution in [0.2, 0.25) is 0 Å². The van der Waals surface area contributed by atoms with Gasteiger partial charge in [0.25, 0.3) is 0 Å². The van der Waals surface area contributed by atoms with Gasteiger partial charge in [-0.3, -0.25) is 0 Å². The molecule has 0 aromatic heterocycles. The second kappa shape index (κ2) is 4.76. The van der Waals surface area contributed by atoms with Crippen LogP contribution < -0.4 is 0 Å². The zero-order valence-electron chi connectivity index (χ0n) is 9.60. The highest BCUT2D eigenvalue weighted by Gasteiger charge is 2.31. The Kier molecular flexibility index (Phi) is 3.32. The van der Waals surface area contributed by atoms with Crippen molar-refractivity contribution in [1.82, 2.24) is 0 Å².